The standard InChI is InChI=1S/C13H13NO2/c14-9-10-5-1-4-8-12(10)13(15)16-11-6-2-3-7-11/h1,4-5,8,11H,2-3,6-7H2. The van der Waals surface area contributed by atoms with Gasteiger partial charge in [-0.25, -0.2) is 4.79 Å². The van der Waals surface area contributed by atoms with Crippen LogP contribution >= 0.6 is 0 Å². The first kappa shape index (κ1) is 10.7. The van der Waals surface area contributed by atoms with Crippen molar-refractivity contribution >= 4 is 5.97 Å². The Labute approximate surface area is 94.6 Å². The molecule has 1 aromatic carbocycles. The topological polar surface area (TPSA) is 50.1 Å². The smallest absolute Gasteiger partial charge is 0.339 e. The van der Waals surface area contributed by atoms with Gasteiger partial charge in [-0.15, -0.1) is 0 Å². The highest BCUT2D eigenvalue weighted by Crippen LogP contribution is 2.22. The Morgan fingerprint density at radius 2 is 2.00 bits per heavy atom. The molecule has 1 aliphatic carbocycles. The average molecular weight is 215 g/mol. The molecule has 0 heterocycles. The molecule has 0 bridgehead atoms. The Morgan fingerprint density at radius 1 is 1.31 bits per heavy atom. The zero-order valence-corrected chi connectivity index (χ0v) is 8.98. The number of ether oxygens (including phenoxy) is 1. The lowest BCUT2D eigenvalue weighted by molar-refractivity contribution is 0.0317. The number of hydrogen-bond donors (Lipinski definition) is 0. The molecule has 1 aromatic rings. The van der Waals surface area contributed by atoms with Gasteiger partial charge in [0, 0.05) is 0 Å². The van der Waals surface area contributed by atoms with Gasteiger partial charge in [0.05, 0.1) is 11.1 Å². The first-order chi connectivity index (χ1) is 7.81. The molecule has 0 spiro atoms. The molecule has 0 amide bonds. The molecule has 0 aliphatic heterocycles. The molecule has 2 rings (SSSR count). The summed E-state index contributed by atoms with van der Waals surface area (Å²) >= 11 is 0. The lowest BCUT2D eigenvalue weighted by Gasteiger charge is -2.11. The van der Waals surface area contributed by atoms with Gasteiger partial charge >= 0.3 is 5.97 Å². The van der Waals surface area contributed by atoms with Crippen LogP contribution in [0.4, 0.5) is 0 Å². The van der Waals surface area contributed by atoms with Crippen molar-refractivity contribution in [3.05, 3.63) is 35.4 Å². The number of esters is 1. The van der Waals surface area contributed by atoms with E-state index in [1.165, 1.54) is 0 Å². The minimum absolute atomic E-state index is 0.0410. The fourth-order valence-corrected chi connectivity index (χ4v) is 1.98. The predicted octanol–water partition coefficient (Wildman–Crippen LogP) is 2.66. The minimum Gasteiger partial charge on any atom is -0.459 e. The van der Waals surface area contributed by atoms with Gasteiger partial charge in [0.2, 0.25) is 0 Å². The lowest BCUT2D eigenvalue weighted by atomic mass is 10.1. The number of carbonyl (C=O) groups is 1. The Hall–Kier alpha value is -1.82. The van der Waals surface area contributed by atoms with E-state index in [1.807, 2.05) is 6.07 Å². The summed E-state index contributed by atoms with van der Waals surface area (Å²) < 4.78 is 5.35. The monoisotopic (exact) mass is 215 g/mol. The second kappa shape index (κ2) is 4.80. The normalized spacial score (nSPS) is 15.7. The molecular formula is C13H13NO2. The molecule has 1 fully saturated rings. The van der Waals surface area contributed by atoms with Crippen molar-refractivity contribution in [3.63, 3.8) is 0 Å². The van der Waals surface area contributed by atoms with Gasteiger partial charge in [0.15, 0.2) is 0 Å². The summed E-state index contributed by atoms with van der Waals surface area (Å²) in [5.74, 6) is -0.371. The van der Waals surface area contributed by atoms with Crippen molar-refractivity contribution in [2.45, 2.75) is 31.8 Å². The number of nitriles is 1. The van der Waals surface area contributed by atoms with Crippen LogP contribution in [0.25, 0.3) is 0 Å². The van der Waals surface area contributed by atoms with Crippen LogP contribution in [0.1, 0.15) is 41.6 Å². The molecule has 0 radical (unpaired) electrons. The van der Waals surface area contributed by atoms with Gasteiger partial charge in [-0.3, -0.25) is 0 Å². The number of nitrogens with zero attached hydrogens (tertiary/aromatic N) is 1. The second-order valence-corrected chi connectivity index (χ2v) is 3.97. The number of rotatable bonds is 2. The van der Waals surface area contributed by atoms with E-state index in [0.717, 1.165) is 25.7 Å². The Balaban J connectivity index is 2.11. The van der Waals surface area contributed by atoms with Crippen molar-refractivity contribution < 1.29 is 9.53 Å². The molecule has 3 heteroatoms. The summed E-state index contributed by atoms with van der Waals surface area (Å²) in [5.41, 5.74) is 0.752. The van der Waals surface area contributed by atoms with Gasteiger partial charge in [0.1, 0.15) is 12.2 Å². The SMILES string of the molecule is N#Cc1ccccc1C(=O)OC1CCCC1. The van der Waals surface area contributed by atoms with E-state index < -0.39 is 0 Å². The van der Waals surface area contributed by atoms with Gasteiger partial charge in [-0.1, -0.05) is 12.1 Å². The average Bonchev–Trinajstić information content (AvgIpc) is 2.81. The van der Waals surface area contributed by atoms with Gasteiger partial charge in [-0.05, 0) is 37.8 Å². The second-order valence-electron chi connectivity index (χ2n) is 3.97. The summed E-state index contributed by atoms with van der Waals surface area (Å²) in [6, 6.07) is 8.75. The molecule has 0 saturated heterocycles. The Morgan fingerprint density at radius 3 is 2.69 bits per heavy atom. The van der Waals surface area contributed by atoms with E-state index in [0.29, 0.717) is 11.1 Å². The highest BCUT2D eigenvalue weighted by atomic mass is 16.5. The van der Waals surface area contributed by atoms with Crippen LogP contribution in [0.2, 0.25) is 0 Å². The number of benzene rings is 1. The van der Waals surface area contributed by atoms with Crippen LogP contribution in [0, 0.1) is 11.3 Å². The molecule has 0 atom stereocenters. The van der Waals surface area contributed by atoms with E-state index in [1.54, 1.807) is 24.3 Å². The molecule has 3 nitrogen and oxygen atoms in total. The molecule has 1 aliphatic rings. The first-order valence-corrected chi connectivity index (χ1v) is 5.51. The highest BCUT2D eigenvalue weighted by Gasteiger charge is 2.21. The summed E-state index contributed by atoms with van der Waals surface area (Å²) in [5, 5.41) is 8.87. The van der Waals surface area contributed by atoms with Gasteiger partial charge in [-0.2, -0.15) is 5.26 Å². The van der Waals surface area contributed by atoms with E-state index in [4.69, 9.17) is 10.00 Å². The molecule has 82 valence electrons. The molecular weight excluding hydrogens is 202 g/mol. The highest BCUT2D eigenvalue weighted by molar-refractivity contribution is 5.92. The van der Waals surface area contributed by atoms with Gasteiger partial charge < -0.3 is 4.74 Å². The van der Waals surface area contributed by atoms with Crippen LogP contribution in [0.15, 0.2) is 24.3 Å². The fourth-order valence-electron chi connectivity index (χ4n) is 1.98. The van der Waals surface area contributed by atoms with Crippen molar-refractivity contribution in [2.24, 2.45) is 0 Å². The number of hydrogen-bond acceptors (Lipinski definition) is 3. The van der Waals surface area contributed by atoms with Crippen LogP contribution in [-0.2, 0) is 4.74 Å². The molecule has 0 N–H and O–H groups in total. The minimum atomic E-state index is -0.371. The maximum atomic E-state index is 11.8. The summed E-state index contributed by atoms with van der Waals surface area (Å²) in [7, 11) is 0. The maximum absolute atomic E-state index is 11.8. The maximum Gasteiger partial charge on any atom is 0.339 e. The number of carbonyl (C=O) groups excluding carboxylic acids is 1. The van der Waals surface area contributed by atoms with Crippen LogP contribution < -0.4 is 0 Å². The van der Waals surface area contributed by atoms with Crippen LogP contribution in [0.5, 0.6) is 0 Å². The van der Waals surface area contributed by atoms with Crippen molar-refractivity contribution in [3.8, 4) is 6.07 Å². The van der Waals surface area contributed by atoms with Crippen molar-refractivity contribution in [1.29, 1.82) is 5.26 Å². The Bertz CT molecular complexity index is 428. The quantitative estimate of drug-likeness (QED) is 0.712. The zero-order chi connectivity index (χ0) is 11.4. The van der Waals surface area contributed by atoms with E-state index in [-0.39, 0.29) is 12.1 Å². The summed E-state index contributed by atoms with van der Waals surface area (Å²) in [6.45, 7) is 0. The summed E-state index contributed by atoms with van der Waals surface area (Å²) in [6.07, 6.45) is 4.18. The van der Waals surface area contributed by atoms with E-state index >= 15 is 0 Å². The third kappa shape index (κ3) is 2.22. The third-order valence-electron chi connectivity index (χ3n) is 2.84. The predicted molar refractivity (Wildman–Crippen MR) is 58.8 cm³/mol. The van der Waals surface area contributed by atoms with Crippen molar-refractivity contribution in [2.75, 3.05) is 0 Å². The molecule has 1 saturated carbocycles. The molecule has 0 aromatic heterocycles. The lowest BCUT2D eigenvalue weighted by Crippen LogP contribution is -2.15. The van der Waals surface area contributed by atoms with E-state index in [9.17, 15) is 4.79 Å². The first-order valence-electron chi connectivity index (χ1n) is 5.51. The third-order valence-corrected chi connectivity index (χ3v) is 2.84. The van der Waals surface area contributed by atoms with Gasteiger partial charge in [0.25, 0.3) is 0 Å². The molecule has 0 unspecified atom stereocenters. The van der Waals surface area contributed by atoms with Crippen LogP contribution in [-0.4, -0.2) is 12.1 Å². The zero-order valence-electron chi connectivity index (χ0n) is 8.98. The Kier molecular flexibility index (Phi) is 3.21. The summed E-state index contributed by atoms with van der Waals surface area (Å²) in [4.78, 5) is 11.8. The van der Waals surface area contributed by atoms with Crippen molar-refractivity contribution in [1.82, 2.24) is 0 Å². The largest absolute Gasteiger partial charge is 0.459 e. The molecule has 16 heavy (non-hydrogen) atoms. The van der Waals surface area contributed by atoms with Crippen LogP contribution in [0.3, 0.4) is 0 Å². The fraction of sp³-hybridized carbons (Fsp3) is 0.385. The van der Waals surface area contributed by atoms with E-state index in [2.05, 4.69) is 0 Å².